The lowest BCUT2D eigenvalue weighted by atomic mass is 9.66. The van der Waals surface area contributed by atoms with E-state index in [9.17, 15) is 22.0 Å². The van der Waals surface area contributed by atoms with Gasteiger partial charge in [-0.05, 0) is 74.0 Å². The monoisotopic (exact) mass is 469 g/mol. The number of halogens is 5. The van der Waals surface area contributed by atoms with Gasteiger partial charge in [-0.2, -0.15) is 0 Å². The molecule has 1 heterocycles. The molecule has 8 heteroatoms. The number of nitrogens with one attached hydrogen (secondary N) is 1. The van der Waals surface area contributed by atoms with Crippen LogP contribution in [0.5, 0.6) is 5.75 Å². The van der Waals surface area contributed by atoms with Crippen LogP contribution in [0.2, 0.25) is 0 Å². The van der Waals surface area contributed by atoms with Crippen LogP contribution in [-0.2, 0) is 16.7 Å². The summed E-state index contributed by atoms with van der Waals surface area (Å²) in [5.41, 5.74) is 1.03. The largest absolute Gasteiger partial charge is 0.573 e. The molecular formula is C25H28F5NO2. The SMILES string of the molecule is Fc1cc(F)cc(CNCC[C@]2(c3ccc(OC(F)(F)F)cc3)CCOC3(CCCC3)C2)c1. The number of hydrogen-bond donors (Lipinski definition) is 1. The molecular weight excluding hydrogens is 441 g/mol. The molecule has 4 rings (SSSR count). The zero-order chi connectivity index (χ0) is 23.5. The Bertz CT molecular complexity index is 921. The number of alkyl halides is 3. The molecule has 0 unspecified atom stereocenters. The molecule has 2 aliphatic rings. The van der Waals surface area contributed by atoms with Crippen molar-refractivity contribution >= 4 is 0 Å². The highest BCUT2D eigenvalue weighted by atomic mass is 19.4. The van der Waals surface area contributed by atoms with Gasteiger partial charge in [0.15, 0.2) is 0 Å². The van der Waals surface area contributed by atoms with Crippen LogP contribution >= 0.6 is 0 Å². The molecule has 1 atom stereocenters. The van der Waals surface area contributed by atoms with Gasteiger partial charge < -0.3 is 14.8 Å². The zero-order valence-electron chi connectivity index (χ0n) is 18.3. The number of benzene rings is 2. The summed E-state index contributed by atoms with van der Waals surface area (Å²) in [6.07, 6.45) is 1.75. The van der Waals surface area contributed by atoms with Crippen LogP contribution in [0, 0.1) is 11.6 Å². The molecule has 2 aromatic rings. The molecule has 3 nitrogen and oxygen atoms in total. The summed E-state index contributed by atoms with van der Waals surface area (Å²) in [5.74, 6) is -1.47. The minimum atomic E-state index is -4.73. The van der Waals surface area contributed by atoms with Crippen molar-refractivity contribution in [2.75, 3.05) is 13.2 Å². The van der Waals surface area contributed by atoms with Crippen LogP contribution in [0.25, 0.3) is 0 Å². The van der Waals surface area contributed by atoms with Gasteiger partial charge in [-0.1, -0.05) is 25.0 Å². The van der Waals surface area contributed by atoms with Gasteiger partial charge in [-0.3, -0.25) is 0 Å². The Kier molecular flexibility index (Phi) is 6.96. The first-order valence-corrected chi connectivity index (χ1v) is 11.3. The van der Waals surface area contributed by atoms with Crippen LogP contribution < -0.4 is 10.1 Å². The van der Waals surface area contributed by atoms with E-state index in [-0.39, 0.29) is 16.8 Å². The Morgan fingerprint density at radius 3 is 2.24 bits per heavy atom. The Balaban J connectivity index is 1.49. The lowest BCUT2D eigenvalue weighted by Gasteiger charge is -2.47. The van der Waals surface area contributed by atoms with Crippen molar-refractivity contribution in [3.63, 3.8) is 0 Å². The summed E-state index contributed by atoms with van der Waals surface area (Å²) in [7, 11) is 0. The third-order valence-corrected chi connectivity index (χ3v) is 6.90. The molecule has 1 aliphatic carbocycles. The average Bonchev–Trinajstić information content (AvgIpc) is 3.17. The second kappa shape index (κ2) is 9.58. The van der Waals surface area contributed by atoms with Crippen molar-refractivity contribution in [3.8, 4) is 5.75 Å². The van der Waals surface area contributed by atoms with E-state index >= 15 is 0 Å². The van der Waals surface area contributed by atoms with E-state index in [4.69, 9.17) is 4.74 Å². The first-order valence-electron chi connectivity index (χ1n) is 11.3. The highest BCUT2D eigenvalue weighted by Crippen LogP contribution is 2.50. The fourth-order valence-corrected chi connectivity index (χ4v) is 5.45. The second-order valence-electron chi connectivity index (χ2n) is 9.22. The Morgan fingerprint density at radius 2 is 1.61 bits per heavy atom. The van der Waals surface area contributed by atoms with E-state index in [2.05, 4.69) is 10.1 Å². The first kappa shape index (κ1) is 24.0. The minimum Gasteiger partial charge on any atom is -0.406 e. The molecule has 0 radical (unpaired) electrons. The zero-order valence-corrected chi connectivity index (χ0v) is 18.3. The van der Waals surface area contributed by atoms with Crippen LogP contribution in [-0.4, -0.2) is 25.1 Å². The second-order valence-corrected chi connectivity index (χ2v) is 9.22. The summed E-state index contributed by atoms with van der Waals surface area (Å²) in [4.78, 5) is 0. The quantitative estimate of drug-likeness (QED) is 0.376. The van der Waals surface area contributed by atoms with Gasteiger partial charge in [0.1, 0.15) is 17.4 Å². The van der Waals surface area contributed by atoms with Crippen molar-refractivity contribution < 1.29 is 31.4 Å². The fraction of sp³-hybridized carbons (Fsp3) is 0.520. The van der Waals surface area contributed by atoms with Crippen LogP contribution in [0.15, 0.2) is 42.5 Å². The van der Waals surface area contributed by atoms with Gasteiger partial charge in [0.05, 0.1) is 5.60 Å². The molecule has 1 saturated carbocycles. The molecule has 180 valence electrons. The van der Waals surface area contributed by atoms with Gasteiger partial charge in [-0.25, -0.2) is 8.78 Å². The highest BCUT2D eigenvalue weighted by molar-refractivity contribution is 5.34. The van der Waals surface area contributed by atoms with Crippen molar-refractivity contribution in [2.24, 2.45) is 0 Å². The van der Waals surface area contributed by atoms with Gasteiger partial charge in [0.2, 0.25) is 0 Å². The van der Waals surface area contributed by atoms with Gasteiger partial charge in [0, 0.05) is 24.6 Å². The van der Waals surface area contributed by atoms with E-state index in [1.165, 1.54) is 24.3 Å². The molecule has 0 aromatic heterocycles. The third kappa shape index (κ3) is 6.03. The van der Waals surface area contributed by atoms with Crippen molar-refractivity contribution in [2.45, 2.75) is 68.9 Å². The molecule has 1 aliphatic heterocycles. The van der Waals surface area contributed by atoms with E-state index in [0.29, 0.717) is 25.3 Å². The van der Waals surface area contributed by atoms with Crippen molar-refractivity contribution in [1.82, 2.24) is 5.32 Å². The van der Waals surface area contributed by atoms with Crippen molar-refractivity contribution in [3.05, 3.63) is 65.2 Å². The number of rotatable bonds is 7. The fourth-order valence-electron chi connectivity index (χ4n) is 5.45. The van der Waals surface area contributed by atoms with Gasteiger partial charge >= 0.3 is 6.36 Å². The van der Waals surface area contributed by atoms with E-state index in [1.54, 1.807) is 12.1 Å². The standard InChI is InChI=1S/C25H28F5NO2/c26-20-13-18(14-21(27)15-20)16-31-11-9-23(10-12-32-24(17-23)7-1-2-8-24)19-3-5-22(6-4-19)33-25(28,29)30/h3-6,13-15,31H,1-2,7-12,16-17H2/t23-/m0/s1. The van der Waals surface area contributed by atoms with Gasteiger partial charge in [0.25, 0.3) is 0 Å². The average molecular weight is 469 g/mol. The Morgan fingerprint density at radius 1 is 0.939 bits per heavy atom. The van der Waals surface area contributed by atoms with Crippen LogP contribution in [0.1, 0.15) is 56.1 Å². The normalized spacial score (nSPS) is 22.6. The van der Waals surface area contributed by atoms with E-state index in [0.717, 1.165) is 56.6 Å². The van der Waals surface area contributed by atoms with Crippen molar-refractivity contribution in [1.29, 1.82) is 0 Å². The topological polar surface area (TPSA) is 30.5 Å². The van der Waals surface area contributed by atoms with E-state index in [1.807, 2.05) is 0 Å². The highest BCUT2D eigenvalue weighted by Gasteiger charge is 2.47. The molecule has 2 fully saturated rings. The van der Waals surface area contributed by atoms with Gasteiger partial charge in [-0.15, -0.1) is 13.2 Å². The maximum atomic E-state index is 13.5. The molecule has 1 spiro atoms. The Labute approximate surface area is 190 Å². The minimum absolute atomic E-state index is 0.189. The van der Waals surface area contributed by atoms with Crippen LogP contribution in [0.3, 0.4) is 0 Å². The molecule has 33 heavy (non-hydrogen) atoms. The molecule has 0 amide bonds. The lowest BCUT2D eigenvalue weighted by Crippen LogP contribution is -2.47. The smallest absolute Gasteiger partial charge is 0.406 e. The molecule has 2 aromatic carbocycles. The first-order chi connectivity index (χ1) is 15.7. The molecule has 0 bridgehead atoms. The lowest BCUT2D eigenvalue weighted by molar-refractivity contribution is -0.274. The van der Waals surface area contributed by atoms with Crippen LogP contribution in [0.4, 0.5) is 22.0 Å². The number of ether oxygens (including phenoxy) is 2. The summed E-state index contributed by atoms with van der Waals surface area (Å²) < 4.78 is 74.9. The maximum absolute atomic E-state index is 13.5. The molecule has 1 saturated heterocycles. The molecule has 1 N–H and O–H groups in total. The summed E-state index contributed by atoms with van der Waals surface area (Å²) >= 11 is 0. The summed E-state index contributed by atoms with van der Waals surface area (Å²) in [5, 5.41) is 3.27. The predicted octanol–water partition coefficient (Wildman–Crippen LogP) is 6.40. The number of hydrogen-bond acceptors (Lipinski definition) is 3. The summed E-state index contributed by atoms with van der Waals surface area (Å²) in [6.45, 7) is 1.51. The third-order valence-electron chi connectivity index (χ3n) is 6.90. The predicted molar refractivity (Wildman–Crippen MR) is 114 cm³/mol. The van der Waals surface area contributed by atoms with E-state index < -0.39 is 18.0 Å². The Hall–Kier alpha value is -2.19. The maximum Gasteiger partial charge on any atom is 0.573 e. The summed E-state index contributed by atoms with van der Waals surface area (Å²) in [6, 6.07) is 9.61.